The van der Waals surface area contributed by atoms with E-state index in [0.717, 1.165) is 11.4 Å². The van der Waals surface area contributed by atoms with Crippen molar-refractivity contribution in [3.05, 3.63) is 23.8 Å². The lowest BCUT2D eigenvalue weighted by atomic mass is 10.1. The summed E-state index contributed by atoms with van der Waals surface area (Å²) in [5.41, 5.74) is 9.01. The molecule has 0 bridgehead atoms. The number of nitrogens with two attached hydrogens (primary N) is 1. The Hall–Kier alpha value is -1.18. The zero-order chi connectivity index (χ0) is 10.6. The van der Waals surface area contributed by atoms with Crippen LogP contribution in [0.25, 0.3) is 0 Å². The fraction of sp³-hybridized carbons (Fsp3) is 0.500. The second-order valence-corrected chi connectivity index (χ2v) is 3.92. The van der Waals surface area contributed by atoms with Gasteiger partial charge < -0.3 is 11.1 Å². The molecule has 0 saturated heterocycles. The van der Waals surface area contributed by atoms with Gasteiger partial charge in [0.05, 0.1) is 11.4 Å². The van der Waals surface area contributed by atoms with Crippen molar-refractivity contribution in [2.24, 2.45) is 0 Å². The molecule has 1 atom stereocenters. The molecule has 0 amide bonds. The van der Waals surface area contributed by atoms with E-state index in [1.165, 1.54) is 18.4 Å². The summed E-state index contributed by atoms with van der Waals surface area (Å²) in [5.74, 6) is 0. The molecule has 3 N–H and O–H groups in total. The summed E-state index contributed by atoms with van der Waals surface area (Å²) in [6.07, 6.45) is 2.37. The van der Waals surface area contributed by atoms with E-state index < -0.39 is 0 Å². The van der Waals surface area contributed by atoms with Crippen LogP contribution in [0.2, 0.25) is 0 Å². The third-order valence-corrected chi connectivity index (χ3v) is 2.33. The molecular weight excluding hydrogens is 172 g/mol. The van der Waals surface area contributed by atoms with Gasteiger partial charge in [0.25, 0.3) is 0 Å². The zero-order valence-electron chi connectivity index (χ0n) is 9.30. The van der Waals surface area contributed by atoms with Crippen LogP contribution in [-0.2, 0) is 0 Å². The molecule has 14 heavy (non-hydrogen) atoms. The predicted octanol–water partition coefficient (Wildman–Crippen LogP) is 3.18. The molecule has 0 aromatic heterocycles. The molecule has 0 fully saturated rings. The fourth-order valence-corrected chi connectivity index (χ4v) is 1.57. The highest BCUT2D eigenvalue weighted by molar-refractivity contribution is 5.67. The Kier molecular flexibility index (Phi) is 3.81. The summed E-state index contributed by atoms with van der Waals surface area (Å²) in [7, 11) is 0. The average molecular weight is 192 g/mol. The van der Waals surface area contributed by atoms with Gasteiger partial charge in [-0.05, 0) is 38.0 Å². The van der Waals surface area contributed by atoms with Crippen molar-refractivity contribution in [2.75, 3.05) is 11.1 Å². The van der Waals surface area contributed by atoms with Crippen molar-refractivity contribution < 1.29 is 0 Å². The first kappa shape index (κ1) is 10.9. The monoisotopic (exact) mass is 192 g/mol. The van der Waals surface area contributed by atoms with Gasteiger partial charge >= 0.3 is 0 Å². The lowest BCUT2D eigenvalue weighted by Crippen LogP contribution is -2.15. The van der Waals surface area contributed by atoms with Crippen LogP contribution in [0.5, 0.6) is 0 Å². The summed E-state index contributed by atoms with van der Waals surface area (Å²) >= 11 is 0. The molecule has 78 valence electrons. The van der Waals surface area contributed by atoms with Crippen LogP contribution in [0, 0.1) is 6.92 Å². The van der Waals surface area contributed by atoms with Crippen LogP contribution in [0.1, 0.15) is 32.3 Å². The number of nitrogen functional groups attached to an aromatic ring is 1. The number of rotatable bonds is 4. The Balaban J connectivity index is 2.70. The molecule has 0 spiro atoms. The van der Waals surface area contributed by atoms with E-state index >= 15 is 0 Å². The van der Waals surface area contributed by atoms with Crippen molar-refractivity contribution in [2.45, 2.75) is 39.7 Å². The van der Waals surface area contributed by atoms with Crippen LogP contribution in [0.15, 0.2) is 18.2 Å². The number of hydrogen-bond donors (Lipinski definition) is 2. The molecule has 2 heteroatoms. The van der Waals surface area contributed by atoms with E-state index in [1.807, 2.05) is 12.1 Å². The van der Waals surface area contributed by atoms with E-state index in [2.05, 4.69) is 32.2 Å². The summed E-state index contributed by atoms with van der Waals surface area (Å²) in [6, 6.07) is 6.58. The highest BCUT2D eigenvalue weighted by atomic mass is 14.9. The standard InChI is InChI=1S/C12H20N2/c1-4-5-10(3)14-12-8-9(2)6-7-11(12)13/h6-8,10,14H,4-5,13H2,1-3H3. The smallest absolute Gasteiger partial charge is 0.0578 e. The van der Waals surface area contributed by atoms with Crippen molar-refractivity contribution in [3.63, 3.8) is 0 Å². The van der Waals surface area contributed by atoms with Gasteiger partial charge in [-0.3, -0.25) is 0 Å². The quantitative estimate of drug-likeness (QED) is 0.719. The molecule has 0 aliphatic carbocycles. The van der Waals surface area contributed by atoms with Crippen LogP contribution < -0.4 is 11.1 Å². The minimum absolute atomic E-state index is 0.490. The fourth-order valence-electron chi connectivity index (χ4n) is 1.57. The van der Waals surface area contributed by atoms with Gasteiger partial charge in [0, 0.05) is 6.04 Å². The number of aryl methyl sites for hydroxylation is 1. The van der Waals surface area contributed by atoms with E-state index in [9.17, 15) is 0 Å². The summed E-state index contributed by atoms with van der Waals surface area (Å²) in [4.78, 5) is 0. The molecule has 0 radical (unpaired) electrons. The van der Waals surface area contributed by atoms with Gasteiger partial charge in [-0.1, -0.05) is 19.4 Å². The minimum atomic E-state index is 0.490. The highest BCUT2D eigenvalue weighted by Gasteiger charge is 2.03. The predicted molar refractivity (Wildman–Crippen MR) is 63.6 cm³/mol. The molecule has 1 aromatic rings. The first-order valence-electron chi connectivity index (χ1n) is 5.26. The molecule has 0 saturated carbocycles. The third kappa shape index (κ3) is 2.95. The Morgan fingerprint density at radius 2 is 2.14 bits per heavy atom. The lowest BCUT2D eigenvalue weighted by Gasteiger charge is -2.16. The van der Waals surface area contributed by atoms with E-state index in [-0.39, 0.29) is 0 Å². The summed E-state index contributed by atoms with van der Waals surface area (Å²) in [5, 5.41) is 3.43. The van der Waals surface area contributed by atoms with E-state index in [1.54, 1.807) is 0 Å². The van der Waals surface area contributed by atoms with Crippen LogP contribution in [-0.4, -0.2) is 6.04 Å². The topological polar surface area (TPSA) is 38.0 Å². The maximum Gasteiger partial charge on any atom is 0.0578 e. The molecule has 0 aliphatic heterocycles. The number of nitrogens with one attached hydrogen (secondary N) is 1. The van der Waals surface area contributed by atoms with Gasteiger partial charge in [0.15, 0.2) is 0 Å². The van der Waals surface area contributed by atoms with Crippen molar-refractivity contribution >= 4 is 11.4 Å². The number of hydrogen-bond acceptors (Lipinski definition) is 2. The number of anilines is 2. The van der Waals surface area contributed by atoms with Gasteiger partial charge in [0.1, 0.15) is 0 Å². The molecule has 1 unspecified atom stereocenters. The Morgan fingerprint density at radius 1 is 1.43 bits per heavy atom. The summed E-state index contributed by atoms with van der Waals surface area (Å²) in [6.45, 7) is 6.46. The molecule has 2 nitrogen and oxygen atoms in total. The van der Waals surface area contributed by atoms with Gasteiger partial charge in [-0.25, -0.2) is 0 Å². The lowest BCUT2D eigenvalue weighted by molar-refractivity contribution is 0.690. The van der Waals surface area contributed by atoms with Crippen molar-refractivity contribution in [1.82, 2.24) is 0 Å². The Bertz CT molecular complexity index is 294. The molecule has 0 aliphatic rings. The van der Waals surface area contributed by atoms with Crippen LogP contribution in [0.4, 0.5) is 11.4 Å². The largest absolute Gasteiger partial charge is 0.397 e. The van der Waals surface area contributed by atoms with E-state index in [0.29, 0.717) is 6.04 Å². The first-order chi connectivity index (χ1) is 6.63. The zero-order valence-corrected chi connectivity index (χ0v) is 9.30. The van der Waals surface area contributed by atoms with Crippen molar-refractivity contribution in [1.29, 1.82) is 0 Å². The second-order valence-electron chi connectivity index (χ2n) is 3.92. The average Bonchev–Trinajstić information content (AvgIpc) is 2.12. The Morgan fingerprint density at radius 3 is 2.79 bits per heavy atom. The Labute approximate surface area is 86.5 Å². The molecule has 0 heterocycles. The molecule has 1 aromatic carbocycles. The van der Waals surface area contributed by atoms with Gasteiger partial charge in [-0.15, -0.1) is 0 Å². The molecule has 1 rings (SSSR count). The highest BCUT2D eigenvalue weighted by Crippen LogP contribution is 2.21. The maximum atomic E-state index is 5.87. The maximum absolute atomic E-state index is 5.87. The van der Waals surface area contributed by atoms with Gasteiger partial charge in [-0.2, -0.15) is 0 Å². The number of benzene rings is 1. The van der Waals surface area contributed by atoms with Crippen LogP contribution in [0.3, 0.4) is 0 Å². The minimum Gasteiger partial charge on any atom is -0.397 e. The molecular formula is C12H20N2. The van der Waals surface area contributed by atoms with Gasteiger partial charge in [0.2, 0.25) is 0 Å². The summed E-state index contributed by atoms with van der Waals surface area (Å²) < 4.78 is 0. The SMILES string of the molecule is CCCC(C)Nc1cc(C)ccc1N. The van der Waals surface area contributed by atoms with Crippen LogP contribution >= 0.6 is 0 Å². The van der Waals surface area contributed by atoms with Crippen molar-refractivity contribution in [3.8, 4) is 0 Å². The third-order valence-electron chi connectivity index (χ3n) is 2.33. The van der Waals surface area contributed by atoms with E-state index in [4.69, 9.17) is 5.73 Å². The second kappa shape index (κ2) is 4.89. The normalized spacial score (nSPS) is 12.5. The first-order valence-corrected chi connectivity index (χ1v) is 5.26.